The zero-order chi connectivity index (χ0) is 14.5. The van der Waals surface area contributed by atoms with Crippen molar-refractivity contribution in [1.29, 1.82) is 0 Å². The topological polar surface area (TPSA) is 55.4 Å². The zero-order valence-corrected chi connectivity index (χ0v) is 13.8. The molecule has 0 aromatic heterocycles. The number of methoxy groups -OCH3 is 1. The first-order chi connectivity index (χ1) is 8.89. The number of sulfonamides is 1. The van der Waals surface area contributed by atoms with Crippen LogP contribution in [-0.2, 0) is 10.0 Å². The summed E-state index contributed by atoms with van der Waals surface area (Å²) in [4.78, 5) is 0.253. The number of rotatable bonds is 7. The second-order valence-electron chi connectivity index (χ2n) is 4.78. The van der Waals surface area contributed by atoms with Gasteiger partial charge in [0.05, 0.1) is 12.0 Å². The molecule has 1 aromatic carbocycles. The molecule has 1 unspecified atom stereocenters. The Morgan fingerprint density at radius 2 is 1.84 bits per heavy atom. The maximum absolute atomic E-state index is 12.2. The van der Waals surface area contributed by atoms with Crippen molar-refractivity contribution in [2.75, 3.05) is 12.4 Å². The summed E-state index contributed by atoms with van der Waals surface area (Å²) in [5.41, 5.74) is 0. The Morgan fingerprint density at radius 1 is 1.26 bits per heavy atom. The third-order valence-corrected chi connectivity index (χ3v) is 4.95. The molecular weight excluding hydrogens is 330 g/mol. The largest absolute Gasteiger partial charge is 0.497 e. The highest BCUT2D eigenvalue weighted by Gasteiger charge is 2.20. The van der Waals surface area contributed by atoms with Gasteiger partial charge in [-0.15, -0.1) is 0 Å². The number of hydrogen-bond donors (Lipinski definition) is 1. The second-order valence-corrected chi connectivity index (χ2v) is 7.14. The minimum Gasteiger partial charge on any atom is -0.497 e. The van der Waals surface area contributed by atoms with Crippen molar-refractivity contribution in [2.24, 2.45) is 5.92 Å². The van der Waals surface area contributed by atoms with E-state index >= 15 is 0 Å². The average molecular weight is 350 g/mol. The molecular formula is C13H20BrNO3S. The van der Waals surface area contributed by atoms with E-state index in [1.54, 1.807) is 31.4 Å². The fourth-order valence-electron chi connectivity index (χ4n) is 1.75. The first-order valence-corrected chi connectivity index (χ1v) is 8.72. The van der Waals surface area contributed by atoms with Gasteiger partial charge in [0.1, 0.15) is 5.75 Å². The van der Waals surface area contributed by atoms with E-state index in [0.29, 0.717) is 17.0 Å². The standard InChI is InChI=1S/C13H20BrNO3S/c1-10(2)8-11(9-14)15-19(16,17)13-6-4-12(18-3)5-7-13/h4-7,10-11,15H,8-9H2,1-3H3. The number of nitrogens with one attached hydrogen (secondary N) is 1. The Morgan fingerprint density at radius 3 is 2.26 bits per heavy atom. The normalized spacial score (nSPS) is 13.5. The molecule has 0 heterocycles. The quantitative estimate of drug-likeness (QED) is 0.770. The van der Waals surface area contributed by atoms with Crippen LogP contribution in [0.4, 0.5) is 0 Å². The molecule has 108 valence electrons. The average Bonchev–Trinajstić information content (AvgIpc) is 2.37. The number of ether oxygens (including phenoxy) is 1. The van der Waals surface area contributed by atoms with E-state index in [1.165, 1.54) is 0 Å². The van der Waals surface area contributed by atoms with Gasteiger partial charge in [0, 0.05) is 11.4 Å². The molecule has 1 aromatic rings. The van der Waals surface area contributed by atoms with Gasteiger partial charge >= 0.3 is 0 Å². The van der Waals surface area contributed by atoms with Crippen LogP contribution in [0.1, 0.15) is 20.3 Å². The number of hydrogen-bond acceptors (Lipinski definition) is 3. The van der Waals surface area contributed by atoms with Gasteiger partial charge in [0.25, 0.3) is 0 Å². The summed E-state index contributed by atoms with van der Waals surface area (Å²) in [5.74, 6) is 1.07. The van der Waals surface area contributed by atoms with Crippen molar-refractivity contribution in [2.45, 2.75) is 31.2 Å². The molecule has 0 amide bonds. The van der Waals surface area contributed by atoms with Gasteiger partial charge in [-0.05, 0) is 36.6 Å². The van der Waals surface area contributed by atoms with Gasteiger partial charge in [-0.1, -0.05) is 29.8 Å². The van der Waals surface area contributed by atoms with Crippen molar-refractivity contribution in [3.63, 3.8) is 0 Å². The molecule has 4 nitrogen and oxygen atoms in total. The summed E-state index contributed by atoms with van der Waals surface area (Å²) in [5, 5.41) is 0.598. The molecule has 0 aliphatic heterocycles. The van der Waals surface area contributed by atoms with E-state index < -0.39 is 10.0 Å². The van der Waals surface area contributed by atoms with Crippen LogP contribution in [0.25, 0.3) is 0 Å². The van der Waals surface area contributed by atoms with E-state index in [-0.39, 0.29) is 10.9 Å². The lowest BCUT2D eigenvalue weighted by atomic mass is 10.1. The van der Waals surface area contributed by atoms with Crippen LogP contribution >= 0.6 is 15.9 Å². The first kappa shape index (κ1) is 16.5. The zero-order valence-electron chi connectivity index (χ0n) is 11.4. The highest BCUT2D eigenvalue weighted by Crippen LogP contribution is 2.17. The van der Waals surface area contributed by atoms with Crippen LogP contribution in [0.5, 0.6) is 5.75 Å². The maximum Gasteiger partial charge on any atom is 0.240 e. The molecule has 0 aliphatic rings. The lowest BCUT2D eigenvalue weighted by Gasteiger charge is -2.18. The summed E-state index contributed by atoms with van der Waals surface area (Å²) in [6.45, 7) is 4.13. The smallest absolute Gasteiger partial charge is 0.240 e. The minimum atomic E-state index is -3.48. The van der Waals surface area contributed by atoms with E-state index in [2.05, 4.69) is 34.5 Å². The molecule has 1 N–H and O–H groups in total. The van der Waals surface area contributed by atoms with Crippen molar-refractivity contribution in [3.05, 3.63) is 24.3 Å². The summed E-state index contributed by atoms with van der Waals surface area (Å²) in [6.07, 6.45) is 0.792. The molecule has 1 rings (SSSR count). The van der Waals surface area contributed by atoms with Crippen molar-refractivity contribution >= 4 is 26.0 Å². The van der Waals surface area contributed by atoms with Crippen molar-refractivity contribution in [3.8, 4) is 5.75 Å². The highest BCUT2D eigenvalue weighted by molar-refractivity contribution is 9.09. The first-order valence-electron chi connectivity index (χ1n) is 6.11. The fourth-order valence-corrected chi connectivity index (χ4v) is 3.64. The Balaban J connectivity index is 2.84. The second kappa shape index (κ2) is 7.26. The van der Waals surface area contributed by atoms with Crippen LogP contribution in [0.15, 0.2) is 29.2 Å². The number of benzene rings is 1. The van der Waals surface area contributed by atoms with Gasteiger partial charge in [-0.25, -0.2) is 13.1 Å². The maximum atomic E-state index is 12.2. The number of alkyl halides is 1. The molecule has 19 heavy (non-hydrogen) atoms. The molecule has 0 radical (unpaired) electrons. The Bertz CT molecular complexity index is 485. The fraction of sp³-hybridized carbons (Fsp3) is 0.538. The molecule has 0 saturated heterocycles. The van der Waals surface area contributed by atoms with Crippen molar-refractivity contribution in [1.82, 2.24) is 4.72 Å². The van der Waals surface area contributed by atoms with E-state index in [9.17, 15) is 8.42 Å². The van der Waals surface area contributed by atoms with E-state index in [1.807, 2.05) is 0 Å². The van der Waals surface area contributed by atoms with Gasteiger partial charge in [0.2, 0.25) is 10.0 Å². The lowest BCUT2D eigenvalue weighted by Crippen LogP contribution is -2.36. The molecule has 0 fully saturated rings. The number of halogens is 1. The van der Waals surface area contributed by atoms with Crippen LogP contribution in [0.2, 0.25) is 0 Å². The van der Waals surface area contributed by atoms with Gasteiger partial charge in [0.15, 0.2) is 0 Å². The molecule has 1 atom stereocenters. The Hall–Kier alpha value is -0.590. The highest BCUT2D eigenvalue weighted by atomic mass is 79.9. The predicted molar refractivity (Wildman–Crippen MR) is 80.4 cm³/mol. The van der Waals surface area contributed by atoms with E-state index in [0.717, 1.165) is 6.42 Å². The predicted octanol–water partition coefficient (Wildman–Crippen LogP) is 2.78. The van der Waals surface area contributed by atoms with Gasteiger partial charge in [-0.2, -0.15) is 0 Å². The van der Waals surface area contributed by atoms with Crippen LogP contribution in [-0.4, -0.2) is 26.9 Å². The van der Waals surface area contributed by atoms with Crippen LogP contribution in [0, 0.1) is 5.92 Å². The lowest BCUT2D eigenvalue weighted by molar-refractivity contribution is 0.414. The SMILES string of the molecule is COc1ccc(S(=O)(=O)NC(CBr)CC(C)C)cc1. The van der Waals surface area contributed by atoms with E-state index in [4.69, 9.17) is 4.74 Å². The molecule has 0 spiro atoms. The molecule has 0 saturated carbocycles. The molecule has 6 heteroatoms. The Kier molecular flexibility index (Phi) is 6.29. The summed E-state index contributed by atoms with van der Waals surface area (Å²) in [6, 6.07) is 6.26. The summed E-state index contributed by atoms with van der Waals surface area (Å²) < 4.78 is 32.1. The van der Waals surface area contributed by atoms with Gasteiger partial charge < -0.3 is 4.74 Å². The third kappa shape index (κ3) is 5.12. The minimum absolute atomic E-state index is 0.105. The summed E-state index contributed by atoms with van der Waals surface area (Å²) in [7, 11) is -1.93. The molecule has 0 bridgehead atoms. The monoisotopic (exact) mass is 349 g/mol. The third-order valence-electron chi connectivity index (χ3n) is 2.63. The van der Waals surface area contributed by atoms with Crippen LogP contribution < -0.4 is 9.46 Å². The van der Waals surface area contributed by atoms with Gasteiger partial charge in [-0.3, -0.25) is 0 Å². The summed E-state index contributed by atoms with van der Waals surface area (Å²) >= 11 is 3.35. The van der Waals surface area contributed by atoms with Crippen LogP contribution in [0.3, 0.4) is 0 Å². The molecule has 0 aliphatic carbocycles. The Labute approximate surface area is 123 Å². The van der Waals surface area contributed by atoms with Crippen molar-refractivity contribution < 1.29 is 13.2 Å².